The minimum Gasteiger partial charge on any atom is -0.463 e. The monoisotopic (exact) mass is 353 g/mol. The molecule has 2 rings (SSSR count). The van der Waals surface area contributed by atoms with Crippen LogP contribution in [0.1, 0.15) is 17.3 Å². The zero-order valence-corrected chi connectivity index (χ0v) is 13.6. The number of benzene rings is 1. The van der Waals surface area contributed by atoms with Crippen molar-refractivity contribution in [2.75, 3.05) is 19.8 Å². The Kier molecular flexibility index (Phi) is 5.35. The summed E-state index contributed by atoms with van der Waals surface area (Å²) in [5.74, 6) is -2.20. The minimum atomic E-state index is -3.93. The molecule has 9 heteroatoms. The Morgan fingerprint density at radius 2 is 1.75 bits per heavy atom. The lowest BCUT2D eigenvalue weighted by Crippen LogP contribution is -2.33. The van der Waals surface area contributed by atoms with Gasteiger partial charge in [0.2, 0.25) is 0 Å². The summed E-state index contributed by atoms with van der Waals surface area (Å²) in [6.07, 6.45) is 1.77. The summed E-state index contributed by atoms with van der Waals surface area (Å²) in [7, 11) is -3.93. The number of hydrogen-bond acceptors (Lipinski definition) is 7. The summed E-state index contributed by atoms with van der Waals surface area (Å²) in [6.45, 7) is 1.16. The van der Waals surface area contributed by atoms with E-state index in [0.717, 1.165) is 12.2 Å². The SMILES string of the molecule is CCOC(=O)C=CC(=O)OCCN1C(=O)c2ccccc2S1(=O)=O. The first-order chi connectivity index (χ1) is 11.4. The zero-order valence-electron chi connectivity index (χ0n) is 12.8. The highest BCUT2D eigenvalue weighted by atomic mass is 32.2. The summed E-state index contributed by atoms with van der Waals surface area (Å²) in [6, 6.07) is 5.85. The number of carbonyl (C=O) groups excluding carboxylic acids is 3. The van der Waals surface area contributed by atoms with Crippen LogP contribution < -0.4 is 0 Å². The summed E-state index contributed by atoms with van der Waals surface area (Å²) in [5, 5.41) is 0. The lowest BCUT2D eigenvalue weighted by atomic mass is 10.2. The third-order valence-electron chi connectivity index (χ3n) is 3.09. The average Bonchev–Trinajstić information content (AvgIpc) is 2.74. The van der Waals surface area contributed by atoms with Gasteiger partial charge in [-0.3, -0.25) is 4.79 Å². The Balaban J connectivity index is 1.93. The number of nitrogens with zero attached hydrogens (tertiary/aromatic N) is 1. The molecular weight excluding hydrogens is 338 g/mol. The molecule has 1 aromatic rings. The van der Waals surface area contributed by atoms with Crippen molar-refractivity contribution in [1.29, 1.82) is 0 Å². The van der Waals surface area contributed by atoms with Gasteiger partial charge in [0.1, 0.15) is 11.5 Å². The van der Waals surface area contributed by atoms with E-state index in [2.05, 4.69) is 4.74 Å². The molecule has 0 fully saturated rings. The van der Waals surface area contributed by atoms with Gasteiger partial charge in [-0.2, -0.15) is 0 Å². The zero-order chi connectivity index (χ0) is 17.7. The lowest BCUT2D eigenvalue weighted by molar-refractivity contribution is -0.140. The van der Waals surface area contributed by atoms with Gasteiger partial charge in [-0.25, -0.2) is 22.3 Å². The van der Waals surface area contributed by atoms with Gasteiger partial charge in [0.25, 0.3) is 15.9 Å². The molecule has 1 heterocycles. The molecule has 8 nitrogen and oxygen atoms in total. The predicted molar refractivity (Wildman–Crippen MR) is 81.4 cm³/mol. The van der Waals surface area contributed by atoms with Crippen LogP contribution >= 0.6 is 0 Å². The second-order valence-electron chi connectivity index (χ2n) is 4.63. The third kappa shape index (κ3) is 3.62. The molecule has 0 saturated carbocycles. The van der Waals surface area contributed by atoms with E-state index < -0.39 is 27.9 Å². The number of fused-ring (bicyclic) bond motifs is 1. The molecule has 0 atom stereocenters. The van der Waals surface area contributed by atoms with Crippen LogP contribution in [0.25, 0.3) is 0 Å². The maximum atomic E-state index is 12.2. The van der Waals surface area contributed by atoms with Gasteiger partial charge in [0.05, 0.1) is 18.7 Å². The van der Waals surface area contributed by atoms with Crippen molar-refractivity contribution in [3.05, 3.63) is 42.0 Å². The Morgan fingerprint density at radius 3 is 2.38 bits per heavy atom. The molecule has 0 N–H and O–H groups in total. The molecule has 0 bridgehead atoms. The topological polar surface area (TPSA) is 107 Å². The van der Waals surface area contributed by atoms with Gasteiger partial charge >= 0.3 is 11.9 Å². The second kappa shape index (κ2) is 7.26. The Bertz CT molecular complexity index is 798. The van der Waals surface area contributed by atoms with E-state index in [4.69, 9.17) is 4.74 Å². The quantitative estimate of drug-likeness (QED) is 0.541. The molecule has 0 saturated heterocycles. The van der Waals surface area contributed by atoms with Crippen LogP contribution in [0, 0.1) is 0 Å². The molecule has 0 aromatic heterocycles. The maximum Gasteiger partial charge on any atom is 0.331 e. The van der Waals surface area contributed by atoms with Crippen LogP contribution in [0.5, 0.6) is 0 Å². The molecule has 1 aliphatic heterocycles. The average molecular weight is 353 g/mol. The fourth-order valence-corrected chi connectivity index (χ4v) is 3.61. The van der Waals surface area contributed by atoms with Crippen molar-refractivity contribution in [3.63, 3.8) is 0 Å². The summed E-state index contributed by atoms with van der Waals surface area (Å²) >= 11 is 0. The van der Waals surface area contributed by atoms with E-state index in [9.17, 15) is 22.8 Å². The smallest absolute Gasteiger partial charge is 0.331 e. The molecule has 0 spiro atoms. The van der Waals surface area contributed by atoms with Gasteiger partial charge in [0, 0.05) is 12.2 Å². The van der Waals surface area contributed by atoms with Crippen LogP contribution in [0.15, 0.2) is 41.3 Å². The molecule has 0 radical (unpaired) electrons. The van der Waals surface area contributed by atoms with Gasteiger partial charge < -0.3 is 9.47 Å². The van der Waals surface area contributed by atoms with Crippen LogP contribution in [0.4, 0.5) is 0 Å². The predicted octanol–water partition coefficient (Wildman–Crippen LogP) is 0.494. The highest BCUT2D eigenvalue weighted by Crippen LogP contribution is 2.29. The first-order valence-electron chi connectivity index (χ1n) is 7.05. The number of carbonyl (C=O) groups is 3. The number of hydrogen-bond donors (Lipinski definition) is 0. The van der Waals surface area contributed by atoms with Crippen molar-refractivity contribution in [2.24, 2.45) is 0 Å². The van der Waals surface area contributed by atoms with Crippen molar-refractivity contribution in [1.82, 2.24) is 4.31 Å². The van der Waals surface area contributed by atoms with E-state index in [1.54, 1.807) is 13.0 Å². The molecule has 1 aromatic carbocycles. The van der Waals surface area contributed by atoms with Crippen molar-refractivity contribution in [2.45, 2.75) is 11.8 Å². The summed E-state index contributed by atoms with van der Waals surface area (Å²) in [5.41, 5.74) is 0.0889. The molecule has 1 amide bonds. The fourth-order valence-electron chi connectivity index (χ4n) is 2.06. The lowest BCUT2D eigenvalue weighted by Gasteiger charge is -2.14. The van der Waals surface area contributed by atoms with Gasteiger partial charge in [-0.15, -0.1) is 0 Å². The van der Waals surface area contributed by atoms with Crippen molar-refractivity contribution >= 4 is 27.9 Å². The standard InChI is InChI=1S/C15H15NO7S/c1-2-22-13(17)7-8-14(18)23-10-9-16-15(19)11-5-3-4-6-12(11)24(16,20)21/h3-8H,2,9-10H2,1H3. The van der Waals surface area contributed by atoms with Crippen LogP contribution in [-0.4, -0.2) is 50.3 Å². The molecule has 0 aliphatic carbocycles. The number of sulfonamides is 1. The number of amides is 1. The van der Waals surface area contributed by atoms with E-state index in [1.807, 2.05) is 0 Å². The summed E-state index contributed by atoms with van der Waals surface area (Å²) < 4.78 is 34.5. The Labute approximate surface area is 138 Å². The van der Waals surface area contributed by atoms with Crippen molar-refractivity contribution < 1.29 is 32.3 Å². The first kappa shape index (κ1) is 17.7. The van der Waals surface area contributed by atoms with Crippen LogP contribution in [0.2, 0.25) is 0 Å². The number of esters is 2. The number of rotatable bonds is 6. The van der Waals surface area contributed by atoms with Crippen molar-refractivity contribution in [3.8, 4) is 0 Å². The normalized spacial score (nSPS) is 15.4. The summed E-state index contributed by atoms with van der Waals surface area (Å²) in [4.78, 5) is 34.5. The third-order valence-corrected chi connectivity index (χ3v) is 4.93. The molecular formula is C15H15NO7S. The molecule has 0 unspecified atom stereocenters. The minimum absolute atomic E-state index is 0.0662. The number of ether oxygens (including phenoxy) is 2. The Hall–Kier alpha value is -2.68. The van der Waals surface area contributed by atoms with E-state index in [-0.39, 0.29) is 30.2 Å². The molecule has 128 valence electrons. The highest BCUT2D eigenvalue weighted by molar-refractivity contribution is 7.90. The van der Waals surface area contributed by atoms with Gasteiger partial charge in [0.15, 0.2) is 0 Å². The van der Waals surface area contributed by atoms with Crippen LogP contribution in [-0.2, 0) is 29.1 Å². The largest absolute Gasteiger partial charge is 0.463 e. The van der Waals surface area contributed by atoms with Gasteiger partial charge in [-0.1, -0.05) is 12.1 Å². The molecule has 1 aliphatic rings. The first-order valence-corrected chi connectivity index (χ1v) is 8.49. The maximum absolute atomic E-state index is 12.2. The fraction of sp³-hybridized carbons (Fsp3) is 0.267. The molecule has 24 heavy (non-hydrogen) atoms. The highest BCUT2D eigenvalue weighted by Gasteiger charge is 2.40. The van der Waals surface area contributed by atoms with E-state index in [1.165, 1.54) is 18.2 Å². The van der Waals surface area contributed by atoms with E-state index in [0.29, 0.717) is 4.31 Å². The van der Waals surface area contributed by atoms with Crippen LogP contribution in [0.3, 0.4) is 0 Å². The Morgan fingerprint density at radius 1 is 1.12 bits per heavy atom. The van der Waals surface area contributed by atoms with Gasteiger partial charge in [-0.05, 0) is 19.1 Å². The van der Waals surface area contributed by atoms with E-state index >= 15 is 0 Å². The second-order valence-corrected chi connectivity index (χ2v) is 6.46.